The van der Waals surface area contributed by atoms with E-state index in [1.807, 2.05) is 19.9 Å². The second-order valence-electron chi connectivity index (χ2n) is 7.88. The van der Waals surface area contributed by atoms with Crippen LogP contribution in [0.4, 0.5) is 24.7 Å². The molecule has 1 aromatic heterocycles. The summed E-state index contributed by atoms with van der Waals surface area (Å²) in [5, 5.41) is 9.79. The maximum absolute atomic E-state index is 13.9. The Balaban J connectivity index is 1.62. The summed E-state index contributed by atoms with van der Waals surface area (Å²) < 4.78 is 47.6. The number of fused-ring (bicyclic) bond motifs is 1. The van der Waals surface area contributed by atoms with Gasteiger partial charge >= 0.3 is 6.18 Å². The van der Waals surface area contributed by atoms with Gasteiger partial charge in [0.05, 0.1) is 13.2 Å². The zero-order valence-corrected chi connectivity index (χ0v) is 17.8. The summed E-state index contributed by atoms with van der Waals surface area (Å²) in [6.07, 6.45) is -4.77. The van der Waals surface area contributed by atoms with Crippen molar-refractivity contribution in [1.82, 2.24) is 9.78 Å². The molecule has 2 heterocycles. The van der Waals surface area contributed by atoms with Gasteiger partial charge in [-0.15, -0.1) is 0 Å². The van der Waals surface area contributed by atoms with Crippen molar-refractivity contribution in [3.63, 3.8) is 0 Å². The standard InChI is InChI=1S/C23H23F3N4O2/c1-13-4-7-16(10-14(13)2)27-22(31)19-12-21-28-18(15-5-8-17(32-3)9-6-15)11-20(23(24,25)26)30(21)29-19/h4-10,12,18,20,28H,11H2,1-3H3,(H,27,31)/t18-,20+/m0/s1. The summed E-state index contributed by atoms with van der Waals surface area (Å²) in [6, 6.07) is 11.2. The molecule has 6 nitrogen and oxygen atoms in total. The van der Waals surface area contributed by atoms with Gasteiger partial charge in [0, 0.05) is 18.2 Å². The predicted octanol–water partition coefficient (Wildman–Crippen LogP) is 5.42. The van der Waals surface area contributed by atoms with Crippen molar-refractivity contribution in [2.75, 3.05) is 17.7 Å². The van der Waals surface area contributed by atoms with Crippen LogP contribution in [0.3, 0.4) is 0 Å². The topological polar surface area (TPSA) is 68.2 Å². The summed E-state index contributed by atoms with van der Waals surface area (Å²) in [7, 11) is 1.52. The number of amides is 1. The lowest BCUT2D eigenvalue weighted by atomic mass is 9.97. The molecular formula is C23H23F3N4O2. The van der Waals surface area contributed by atoms with Gasteiger partial charge in [0.15, 0.2) is 11.7 Å². The maximum atomic E-state index is 13.9. The molecule has 0 spiro atoms. The number of aryl methyl sites for hydroxylation is 2. The van der Waals surface area contributed by atoms with E-state index in [0.29, 0.717) is 17.0 Å². The summed E-state index contributed by atoms with van der Waals surface area (Å²) >= 11 is 0. The Kier molecular flexibility index (Phi) is 5.58. The van der Waals surface area contributed by atoms with Crippen LogP contribution in [0, 0.1) is 13.8 Å². The van der Waals surface area contributed by atoms with Crippen LogP contribution in [0.15, 0.2) is 48.5 Å². The maximum Gasteiger partial charge on any atom is 0.410 e. The van der Waals surface area contributed by atoms with Crippen LogP contribution >= 0.6 is 0 Å². The Bertz CT molecular complexity index is 1140. The lowest BCUT2D eigenvalue weighted by molar-refractivity contribution is -0.173. The number of ether oxygens (including phenoxy) is 1. The number of carbonyl (C=O) groups is 1. The van der Waals surface area contributed by atoms with Crippen LogP contribution < -0.4 is 15.4 Å². The highest BCUT2D eigenvalue weighted by Gasteiger charge is 2.46. The molecule has 0 unspecified atom stereocenters. The number of halogens is 3. The van der Waals surface area contributed by atoms with E-state index in [4.69, 9.17) is 4.74 Å². The molecule has 0 saturated carbocycles. The molecule has 1 aliphatic heterocycles. The number of alkyl halides is 3. The van der Waals surface area contributed by atoms with Gasteiger partial charge in [-0.2, -0.15) is 18.3 Å². The van der Waals surface area contributed by atoms with Crippen LogP contribution in [-0.2, 0) is 0 Å². The van der Waals surface area contributed by atoms with E-state index in [2.05, 4.69) is 15.7 Å². The lowest BCUT2D eigenvalue weighted by Gasteiger charge is -2.33. The number of methoxy groups -OCH3 is 1. The number of carbonyl (C=O) groups excluding carboxylic acids is 1. The molecule has 1 aliphatic rings. The van der Waals surface area contributed by atoms with E-state index in [0.717, 1.165) is 15.8 Å². The number of nitrogens with zero attached hydrogens (tertiary/aromatic N) is 2. The molecule has 2 aromatic carbocycles. The van der Waals surface area contributed by atoms with Crippen LogP contribution in [0.5, 0.6) is 5.75 Å². The van der Waals surface area contributed by atoms with Crippen molar-refractivity contribution in [1.29, 1.82) is 0 Å². The van der Waals surface area contributed by atoms with Gasteiger partial charge in [-0.3, -0.25) is 4.79 Å². The highest BCUT2D eigenvalue weighted by atomic mass is 19.4. The SMILES string of the molecule is COc1ccc([C@@H]2C[C@H](C(F)(F)F)n3nc(C(=O)Nc4ccc(C)c(C)c4)cc3N2)cc1. The minimum absolute atomic E-state index is 0.0876. The predicted molar refractivity (Wildman–Crippen MR) is 115 cm³/mol. The summed E-state index contributed by atoms with van der Waals surface area (Å²) in [5.41, 5.74) is 3.22. The third-order valence-corrected chi connectivity index (χ3v) is 5.71. The molecule has 2 atom stereocenters. The molecule has 3 aromatic rings. The molecule has 0 bridgehead atoms. The second kappa shape index (κ2) is 8.22. The first-order valence-corrected chi connectivity index (χ1v) is 10.1. The average Bonchev–Trinajstić information content (AvgIpc) is 3.19. The fourth-order valence-electron chi connectivity index (χ4n) is 3.75. The van der Waals surface area contributed by atoms with Crippen LogP contribution in [-0.4, -0.2) is 29.0 Å². The van der Waals surface area contributed by atoms with Gasteiger partial charge in [-0.25, -0.2) is 4.68 Å². The van der Waals surface area contributed by atoms with Crippen LogP contribution in [0.25, 0.3) is 0 Å². The third-order valence-electron chi connectivity index (χ3n) is 5.71. The van der Waals surface area contributed by atoms with Gasteiger partial charge in [-0.05, 0) is 54.8 Å². The molecule has 0 saturated heterocycles. The molecule has 0 radical (unpaired) electrons. The minimum atomic E-state index is -4.52. The number of nitrogens with one attached hydrogen (secondary N) is 2. The summed E-state index contributed by atoms with van der Waals surface area (Å²) in [5.74, 6) is 0.191. The Hall–Kier alpha value is -3.49. The van der Waals surface area contributed by atoms with Crippen molar-refractivity contribution in [3.05, 3.63) is 70.9 Å². The van der Waals surface area contributed by atoms with E-state index < -0.39 is 24.2 Å². The Morgan fingerprint density at radius 3 is 2.47 bits per heavy atom. The average molecular weight is 444 g/mol. The normalized spacial score (nSPS) is 17.9. The molecule has 4 rings (SSSR count). The van der Waals surface area contributed by atoms with E-state index >= 15 is 0 Å². The van der Waals surface area contributed by atoms with Crippen molar-refractivity contribution < 1.29 is 22.7 Å². The second-order valence-corrected chi connectivity index (χ2v) is 7.88. The molecule has 9 heteroatoms. The molecule has 32 heavy (non-hydrogen) atoms. The third kappa shape index (κ3) is 4.28. The van der Waals surface area contributed by atoms with Crippen LogP contribution in [0.2, 0.25) is 0 Å². The van der Waals surface area contributed by atoms with Crippen molar-refractivity contribution in [3.8, 4) is 5.75 Å². The fourth-order valence-corrected chi connectivity index (χ4v) is 3.75. The van der Waals surface area contributed by atoms with Crippen molar-refractivity contribution in [2.24, 2.45) is 0 Å². The van der Waals surface area contributed by atoms with E-state index in [-0.39, 0.29) is 17.9 Å². The van der Waals surface area contributed by atoms with Crippen LogP contribution in [0.1, 0.15) is 45.7 Å². The largest absolute Gasteiger partial charge is 0.497 e. The molecule has 1 amide bonds. The monoisotopic (exact) mass is 444 g/mol. The quantitative estimate of drug-likeness (QED) is 0.564. The van der Waals surface area contributed by atoms with Gasteiger partial charge in [0.1, 0.15) is 11.6 Å². The Morgan fingerprint density at radius 1 is 1.12 bits per heavy atom. The van der Waals surface area contributed by atoms with Gasteiger partial charge in [0.25, 0.3) is 5.91 Å². The summed E-state index contributed by atoms with van der Waals surface area (Å²) in [6.45, 7) is 3.87. The highest BCUT2D eigenvalue weighted by molar-refractivity contribution is 6.03. The van der Waals surface area contributed by atoms with E-state index in [1.54, 1.807) is 36.4 Å². The molecule has 0 aliphatic carbocycles. The Morgan fingerprint density at radius 2 is 1.84 bits per heavy atom. The van der Waals surface area contributed by atoms with Gasteiger partial charge in [-0.1, -0.05) is 18.2 Å². The number of rotatable bonds is 4. The van der Waals surface area contributed by atoms with E-state index in [1.165, 1.54) is 13.2 Å². The first-order valence-electron chi connectivity index (χ1n) is 10.1. The first kappa shape index (κ1) is 21.7. The van der Waals surface area contributed by atoms with E-state index in [9.17, 15) is 18.0 Å². The van der Waals surface area contributed by atoms with Crippen molar-refractivity contribution >= 4 is 17.4 Å². The smallest absolute Gasteiger partial charge is 0.410 e. The number of anilines is 2. The lowest BCUT2D eigenvalue weighted by Crippen LogP contribution is -2.35. The molecule has 0 fully saturated rings. The fraction of sp³-hybridized carbons (Fsp3) is 0.304. The summed E-state index contributed by atoms with van der Waals surface area (Å²) in [4.78, 5) is 12.7. The van der Waals surface area contributed by atoms with Gasteiger partial charge in [0.2, 0.25) is 0 Å². The first-order chi connectivity index (χ1) is 15.2. The van der Waals surface area contributed by atoms with Crippen molar-refractivity contribution in [2.45, 2.75) is 38.5 Å². The number of benzene rings is 2. The highest BCUT2D eigenvalue weighted by Crippen LogP contribution is 2.43. The Labute approximate surface area is 183 Å². The minimum Gasteiger partial charge on any atom is -0.497 e. The number of hydrogen-bond acceptors (Lipinski definition) is 4. The molecule has 168 valence electrons. The zero-order valence-electron chi connectivity index (χ0n) is 17.8. The number of hydrogen-bond donors (Lipinski definition) is 2. The number of aromatic nitrogens is 2. The molecule has 2 N–H and O–H groups in total. The molecular weight excluding hydrogens is 421 g/mol. The van der Waals surface area contributed by atoms with Gasteiger partial charge < -0.3 is 15.4 Å². The zero-order chi connectivity index (χ0) is 23.0.